The van der Waals surface area contributed by atoms with Crippen LogP contribution in [-0.2, 0) is 30.8 Å². The molecule has 1 fully saturated rings. The Morgan fingerprint density at radius 2 is 1.73 bits per heavy atom. The fourth-order valence-corrected chi connectivity index (χ4v) is 5.38. The first kappa shape index (κ1) is 24.9. The van der Waals surface area contributed by atoms with Crippen molar-refractivity contribution in [3.63, 3.8) is 0 Å². The van der Waals surface area contributed by atoms with Gasteiger partial charge in [0.25, 0.3) is 5.91 Å². The average Bonchev–Trinajstić information content (AvgIpc) is 2.82. The Hall–Kier alpha value is -2.71. The van der Waals surface area contributed by atoms with Crippen LogP contribution < -0.4 is 5.32 Å². The Labute approximate surface area is 196 Å². The number of carbonyl (C=O) groups excluding carboxylic acids is 2. The Morgan fingerprint density at radius 1 is 1.03 bits per heavy atom. The minimum absolute atomic E-state index is 0.251. The Balaban J connectivity index is 1.38. The minimum Gasteiger partial charge on any atom is -0.455 e. The van der Waals surface area contributed by atoms with E-state index in [1.807, 2.05) is 44.2 Å². The highest BCUT2D eigenvalue weighted by Gasteiger charge is 2.33. The number of carbonyl (C=O) groups is 2. The van der Waals surface area contributed by atoms with Crippen molar-refractivity contribution in [2.45, 2.75) is 44.4 Å². The van der Waals surface area contributed by atoms with E-state index in [1.165, 1.54) is 9.87 Å². The summed E-state index contributed by atoms with van der Waals surface area (Å²) in [4.78, 5) is 24.6. The van der Waals surface area contributed by atoms with Crippen LogP contribution in [0.3, 0.4) is 0 Å². The number of nitrogens with one attached hydrogen (secondary N) is 1. The first-order valence-electron chi connectivity index (χ1n) is 11.3. The van der Waals surface area contributed by atoms with Crippen molar-refractivity contribution in [1.82, 2.24) is 9.62 Å². The lowest BCUT2D eigenvalue weighted by atomic mass is 9.98. The van der Waals surface area contributed by atoms with Crippen LogP contribution in [0.5, 0.6) is 0 Å². The van der Waals surface area contributed by atoms with E-state index in [4.69, 9.17) is 4.74 Å². The molecule has 1 amide bonds. The summed E-state index contributed by atoms with van der Waals surface area (Å²) in [5.41, 5.74) is 3.17. The average molecular weight is 473 g/mol. The smallest absolute Gasteiger partial charge is 0.309 e. The van der Waals surface area contributed by atoms with Gasteiger partial charge in [-0.3, -0.25) is 9.59 Å². The molecule has 178 valence electrons. The third-order valence-corrected chi connectivity index (χ3v) is 7.95. The van der Waals surface area contributed by atoms with Crippen molar-refractivity contribution in [2.75, 3.05) is 26.2 Å². The summed E-state index contributed by atoms with van der Waals surface area (Å²) in [6.07, 6.45) is 2.42. The van der Waals surface area contributed by atoms with Gasteiger partial charge in [0.05, 0.1) is 10.8 Å². The second-order valence-electron chi connectivity index (χ2n) is 8.47. The van der Waals surface area contributed by atoms with Crippen LogP contribution in [0, 0.1) is 19.8 Å². The van der Waals surface area contributed by atoms with Crippen molar-refractivity contribution < 1.29 is 22.7 Å². The highest BCUT2D eigenvalue weighted by atomic mass is 32.2. The number of rotatable bonds is 9. The van der Waals surface area contributed by atoms with Crippen LogP contribution in [0.1, 0.15) is 36.0 Å². The molecule has 0 bridgehead atoms. The molecule has 2 aromatic carbocycles. The van der Waals surface area contributed by atoms with Crippen molar-refractivity contribution in [3.8, 4) is 0 Å². The fourth-order valence-electron chi connectivity index (χ4n) is 3.83. The number of amides is 1. The third kappa shape index (κ3) is 6.88. The molecule has 3 rings (SSSR count). The zero-order chi connectivity index (χ0) is 23.8. The summed E-state index contributed by atoms with van der Waals surface area (Å²) >= 11 is 0. The number of aryl methyl sites for hydroxylation is 3. The van der Waals surface area contributed by atoms with E-state index in [0.717, 1.165) is 24.0 Å². The predicted molar refractivity (Wildman–Crippen MR) is 126 cm³/mol. The highest BCUT2D eigenvalue weighted by Crippen LogP contribution is 2.25. The second-order valence-corrected chi connectivity index (χ2v) is 10.4. The molecule has 33 heavy (non-hydrogen) atoms. The topological polar surface area (TPSA) is 92.8 Å². The minimum atomic E-state index is -3.59. The van der Waals surface area contributed by atoms with E-state index in [2.05, 4.69) is 5.32 Å². The number of sulfonamides is 1. The van der Waals surface area contributed by atoms with Gasteiger partial charge in [-0.1, -0.05) is 36.4 Å². The van der Waals surface area contributed by atoms with E-state index in [1.54, 1.807) is 18.2 Å². The molecule has 0 saturated carbocycles. The number of hydrogen-bond acceptors (Lipinski definition) is 5. The molecular weight excluding hydrogens is 440 g/mol. The zero-order valence-electron chi connectivity index (χ0n) is 19.2. The molecule has 7 nitrogen and oxygen atoms in total. The van der Waals surface area contributed by atoms with E-state index < -0.39 is 21.9 Å². The van der Waals surface area contributed by atoms with Gasteiger partial charge in [-0.15, -0.1) is 0 Å². The largest absolute Gasteiger partial charge is 0.455 e. The summed E-state index contributed by atoms with van der Waals surface area (Å²) in [5.74, 6) is -1.18. The highest BCUT2D eigenvalue weighted by molar-refractivity contribution is 7.89. The molecule has 1 aliphatic rings. The van der Waals surface area contributed by atoms with Crippen LogP contribution in [0.4, 0.5) is 0 Å². The monoisotopic (exact) mass is 472 g/mol. The van der Waals surface area contributed by atoms with Gasteiger partial charge in [-0.25, -0.2) is 8.42 Å². The van der Waals surface area contributed by atoms with E-state index in [0.29, 0.717) is 19.4 Å². The van der Waals surface area contributed by atoms with Crippen LogP contribution in [0.2, 0.25) is 0 Å². The van der Waals surface area contributed by atoms with Crippen LogP contribution in [-0.4, -0.2) is 50.8 Å². The van der Waals surface area contributed by atoms with Gasteiger partial charge in [-0.2, -0.15) is 4.31 Å². The van der Waals surface area contributed by atoms with E-state index in [9.17, 15) is 18.0 Å². The number of esters is 1. The molecule has 8 heteroatoms. The third-order valence-electron chi connectivity index (χ3n) is 6.06. The van der Waals surface area contributed by atoms with Gasteiger partial charge in [0.1, 0.15) is 0 Å². The molecule has 2 aromatic rings. The zero-order valence-corrected chi connectivity index (χ0v) is 20.1. The standard InChI is InChI=1S/C25H32N2O5S/c1-19-10-11-23(17-20(19)2)33(30,31)27-15-12-22(13-16-27)25(29)32-18-24(28)26-14-6-9-21-7-4-3-5-8-21/h3-5,7-8,10-11,17,22H,6,9,12-16,18H2,1-2H3,(H,26,28). The maximum Gasteiger partial charge on any atom is 0.309 e. The second kappa shape index (κ2) is 11.4. The molecule has 1 N–H and O–H groups in total. The molecule has 1 aliphatic heterocycles. The number of benzene rings is 2. The normalized spacial score (nSPS) is 15.2. The van der Waals surface area contributed by atoms with Gasteiger partial charge in [0.15, 0.2) is 6.61 Å². The summed E-state index contributed by atoms with van der Waals surface area (Å²) in [7, 11) is -3.59. The summed E-state index contributed by atoms with van der Waals surface area (Å²) in [6, 6.07) is 15.1. The lowest BCUT2D eigenvalue weighted by Crippen LogP contribution is -2.41. The van der Waals surface area contributed by atoms with Gasteiger partial charge in [-0.05, 0) is 68.4 Å². The van der Waals surface area contributed by atoms with Crippen LogP contribution in [0.25, 0.3) is 0 Å². The summed E-state index contributed by atoms with van der Waals surface area (Å²) in [6.45, 7) is 4.52. The maximum absolute atomic E-state index is 12.9. The SMILES string of the molecule is Cc1ccc(S(=O)(=O)N2CCC(C(=O)OCC(=O)NCCCc3ccccc3)CC2)cc1C. The van der Waals surface area contributed by atoms with Gasteiger partial charge in [0, 0.05) is 19.6 Å². The first-order valence-corrected chi connectivity index (χ1v) is 12.8. The molecule has 0 atom stereocenters. The Morgan fingerprint density at radius 3 is 2.39 bits per heavy atom. The molecule has 0 aromatic heterocycles. The quantitative estimate of drug-likeness (QED) is 0.447. The first-order chi connectivity index (χ1) is 15.8. The van der Waals surface area contributed by atoms with E-state index in [-0.39, 0.29) is 30.5 Å². The van der Waals surface area contributed by atoms with Gasteiger partial charge >= 0.3 is 5.97 Å². The van der Waals surface area contributed by atoms with Crippen molar-refractivity contribution in [1.29, 1.82) is 0 Å². The molecule has 0 aliphatic carbocycles. The van der Waals surface area contributed by atoms with Gasteiger partial charge in [0.2, 0.25) is 10.0 Å². The number of piperidine rings is 1. The lowest BCUT2D eigenvalue weighted by molar-refractivity contribution is -0.153. The van der Waals surface area contributed by atoms with Crippen LogP contribution >= 0.6 is 0 Å². The van der Waals surface area contributed by atoms with Crippen molar-refractivity contribution in [3.05, 3.63) is 65.2 Å². The Kier molecular flexibility index (Phi) is 8.63. The Bertz CT molecular complexity index is 1060. The molecule has 1 heterocycles. The van der Waals surface area contributed by atoms with Gasteiger partial charge < -0.3 is 10.1 Å². The van der Waals surface area contributed by atoms with Crippen LogP contribution in [0.15, 0.2) is 53.4 Å². The maximum atomic E-state index is 12.9. The molecule has 0 unspecified atom stereocenters. The molecule has 0 radical (unpaired) electrons. The molecule has 1 saturated heterocycles. The number of ether oxygens (including phenoxy) is 1. The lowest BCUT2D eigenvalue weighted by Gasteiger charge is -2.30. The molecular formula is C25H32N2O5S. The summed E-state index contributed by atoms with van der Waals surface area (Å²) in [5, 5.41) is 2.76. The predicted octanol–water partition coefficient (Wildman–Crippen LogP) is 3.00. The number of nitrogens with zero attached hydrogens (tertiary/aromatic N) is 1. The van der Waals surface area contributed by atoms with Crippen molar-refractivity contribution >= 4 is 21.9 Å². The summed E-state index contributed by atoms with van der Waals surface area (Å²) < 4.78 is 32.4. The van der Waals surface area contributed by atoms with E-state index >= 15 is 0 Å². The molecule has 0 spiro atoms. The number of hydrogen-bond donors (Lipinski definition) is 1. The fraction of sp³-hybridized carbons (Fsp3) is 0.440. The van der Waals surface area contributed by atoms with Crippen molar-refractivity contribution in [2.24, 2.45) is 5.92 Å².